The average Bonchev–Trinajstić information content (AvgIpc) is 3.45. The van der Waals surface area contributed by atoms with Gasteiger partial charge in [0.25, 0.3) is 10.0 Å². The molecule has 1 aliphatic rings. The molecule has 218 valence electrons. The van der Waals surface area contributed by atoms with Crippen LogP contribution in [0.5, 0.6) is 0 Å². The molecule has 1 aliphatic carbocycles. The summed E-state index contributed by atoms with van der Waals surface area (Å²) in [5.41, 5.74) is 2.46. The summed E-state index contributed by atoms with van der Waals surface area (Å²) in [6, 6.07) is 17.6. The topological polar surface area (TPSA) is 86.8 Å². The monoisotopic (exact) mass is 615 g/mol. The Labute approximate surface area is 252 Å². The highest BCUT2D eigenvalue weighted by Crippen LogP contribution is 2.30. The molecule has 0 aromatic heterocycles. The highest BCUT2D eigenvalue weighted by atomic mass is 35.5. The van der Waals surface area contributed by atoms with E-state index in [9.17, 15) is 18.0 Å². The number of amides is 2. The summed E-state index contributed by atoms with van der Waals surface area (Å²) in [6.07, 6.45) is 3.89. The van der Waals surface area contributed by atoms with E-state index in [-0.39, 0.29) is 29.1 Å². The Hall–Kier alpha value is -3.07. The zero-order valence-electron chi connectivity index (χ0n) is 23.4. The van der Waals surface area contributed by atoms with Crippen molar-refractivity contribution in [2.24, 2.45) is 0 Å². The zero-order chi connectivity index (χ0) is 29.7. The lowest BCUT2D eigenvalue weighted by Gasteiger charge is -2.33. The smallest absolute Gasteiger partial charge is 0.264 e. The molecule has 0 heterocycles. The number of sulfonamides is 1. The molecule has 2 amide bonds. The molecule has 0 spiro atoms. The van der Waals surface area contributed by atoms with Crippen molar-refractivity contribution >= 4 is 50.7 Å². The van der Waals surface area contributed by atoms with E-state index in [0.717, 1.165) is 35.6 Å². The highest BCUT2D eigenvalue weighted by Gasteiger charge is 2.34. The highest BCUT2D eigenvalue weighted by molar-refractivity contribution is 7.92. The first-order chi connectivity index (χ1) is 19.5. The van der Waals surface area contributed by atoms with Gasteiger partial charge in [0.1, 0.15) is 12.6 Å². The zero-order valence-corrected chi connectivity index (χ0v) is 25.8. The molecular weight excluding hydrogens is 581 g/mol. The van der Waals surface area contributed by atoms with E-state index in [1.807, 2.05) is 6.92 Å². The second-order valence-corrected chi connectivity index (χ2v) is 13.2. The van der Waals surface area contributed by atoms with Crippen LogP contribution in [0.25, 0.3) is 0 Å². The van der Waals surface area contributed by atoms with Gasteiger partial charge >= 0.3 is 0 Å². The molecule has 1 atom stereocenters. The van der Waals surface area contributed by atoms with Gasteiger partial charge < -0.3 is 10.2 Å². The standard InChI is InChI=1S/C31H35Cl2N3O4S/c1-21-12-16-27(17-13-21)41(39,40)36(29-18-25(32)15-14-22(29)2)20-30(37)35(19-24-8-4-7-11-28(24)33)23(3)31(38)34-26-9-5-6-10-26/h4,7-8,11-18,23,26H,5-6,9-10,19-20H2,1-3H3,(H,34,38). The number of nitrogens with zero attached hydrogens (tertiary/aromatic N) is 2. The van der Waals surface area contributed by atoms with Crippen LogP contribution in [0.1, 0.15) is 49.3 Å². The van der Waals surface area contributed by atoms with Crippen LogP contribution in [0.15, 0.2) is 71.6 Å². The van der Waals surface area contributed by atoms with Gasteiger partial charge in [0.05, 0.1) is 10.6 Å². The first-order valence-corrected chi connectivity index (χ1v) is 15.9. The molecule has 3 aromatic carbocycles. The Morgan fingerprint density at radius 3 is 2.29 bits per heavy atom. The molecule has 0 saturated heterocycles. The fourth-order valence-corrected chi connectivity index (χ4v) is 6.82. The summed E-state index contributed by atoms with van der Waals surface area (Å²) < 4.78 is 29.1. The molecule has 1 N–H and O–H groups in total. The normalized spacial score (nSPS) is 14.5. The first kappa shape index (κ1) is 30.9. The van der Waals surface area contributed by atoms with Gasteiger partial charge in [-0.3, -0.25) is 13.9 Å². The van der Waals surface area contributed by atoms with Crippen LogP contribution in [-0.2, 0) is 26.2 Å². The number of anilines is 1. The SMILES string of the molecule is Cc1ccc(S(=O)(=O)N(CC(=O)N(Cc2ccccc2Cl)C(C)C(=O)NC2CCCC2)c2cc(Cl)ccc2C)cc1. The molecule has 1 fully saturated rings. The minimum atomic E-state index is -4.18. The van der Waals surface area contributed by atoms with Gasteiger partial charge in [0, 0.05) is 22.6 Å². The Bertz CT molecular complexity index is 1510. The van der Waals surface area contributed by atoms with Crippen LogP contribution < -0.4 is 9.62 Å². The second-order valence-electron chi connectivity index (χ2n) is 10.5. The maximum Gasteiger partial charge on any atom is 0.264 e. The molecule has 0 aliphatic heterocycles. The third-order valence-corrected chi connectivity index (χ3v) is 9.87. The third kappa shape index (κ3) is 7.42. The van der Waals surface area contributed by atoms with Gasteiger partial charge in [-0.15, -0.1) is 0 Å². The molecule has 3 aromatic rings. The minimum absolute atomic E-state index is 0.0324. The Morgan fingerprint density at radius 1 is 0.976 bits per heavy atom. The minimum Gasteiger partial charge on any atom is -0.352 e. The molecule has 4 rings (SSSR count). The summed E-state index contributed by atoms with van der Waals surface area (Å²) in [6.45, 7) is 4.77. The van der Waals surface area contributed by atoms with Gasteiger partial charge in [0.2, 0.25) is 11.8 Å². The molecular formula is C31H35Cl2N3O4S. The number of carbonyl (C=O) groups is 2. The number of benzene rings is 3. The molecule has 7 nitrogen and oxygen atoms in total. The van der Waals surface area contributed by atoms with Crippen molar-refractivity contribution in [3.8, 4) is 0 Å². The summed E-state index contributed by atoms with van der Waals surface area (Å²) in [4.78, 5) is 28.9. The van der Waals surface area contributed by atoms with Crippen LogP contribution in [0.3, 0.4) is 0 Å². The van der Waals surface area contributed by atoms with Crippen molar-refractivity contribution in [3.63, 3.8) is 0 Å². The molecule has 10 heteroatoms. The van der Waals surface area contributed by atoms with Crippen molar-refractivity contribution in [1.82, 2.24) is 10.2 Å². The number of hydrogen-bond donors (Lipinski definition) is 1. The maximum absolute atomic E-state index is 14.1. The number of hydrogen-bond acceptors (Lipinski definition) is 4. The van der Waals surface area contributed by atoms with E-state index < -0.39 is 28.5 Å². The largest absolute Gasteiger partial charge is 0.352 e. The lowest BCUT2D eigenvalue weighted by Crippen LogP contribution is -2.52. The van der Waals surface area contributed by atoms with E-state index in [2.05, 4.69) is 5.32 Å². The van der Waals surface area contributed by atoms with Gasteiger partial charge in [0.15, 0.2) is 0 Å². The number of halogens is 2. The van der Waals surface area contributed by atoms with Crippen LogP contribution >= 0.6 is 23.2 Å². The summed E-state index contributed by atoms with van der Waals surface area (Å²) >= 11 is 12.7. The fraction of sp³-hybridized carbons (Fsp3) is 0.355. The van der Waals surface area contributed by atoms with Gasteiger partial charge in [-0.1, -0.05) is 78.0 Å². The van der Waals surface area contributed by atoms with E-state index in [1.54, 1.807) is 62.4 Å². The summed E-state index contributed by atoms with van der Waals surface area (Å²) in [7, 11) is -4.18. The van der Waals surface area contributed by atoms with Crippen LogP contribution in [-0.4, -0.2) is 43.8 Å². The molecule has 0 bridgehead atoms. The number of rotatable bonds is 10. The van der Waals surface area contributed by atoms with Crippen molar-refractivity contribution in [3.05, 3.63) is 93.5 Å². The predicted molar refractivity (Wildman–Crippen MR) is 164 cm³/mol. The van der Waals surface area contributed by atoms with E-state index in [0.29, 0.717) is 21.2 Å². The van der Waals surface area contributed by atoms with Crippen LogP contribution in [0.4, 0.5) is 5.69 Å². The Morgan fingerprint density at radius 2 is 1.63 bits per heavy atom. The molecule has 1 unspecified atom stereocenters. The molecule has 1 saturated carbocycles. The summed E-state index contributed by atoms with van der Waals surface area (Å²) in [5, 5.41) is 3.84. The number of aryl methyl sites for hydroxylation is 2. The van der Waals surface area contributed by atoms with Crippen LogP contribution in [0, 0.1) is 13.8 Å². The quantitative estimate of drug-likeness (QED) is 0.291. The lowest BCUT2D eigenvalue weighted by atomic mass is 10.1. The third-order valence-electron chi connectivity index (χ3n) is 7.50. The van der Waals surface area contributed by atoms with Gasteiger partial charge in [-0.05, 0) is 75.1 Å². The summed E-state index contributed by atoms with van der Waals surface area (Å²) in [5.74, 6) is -0.835. The lowest BCUT2D eigenvalue weighted by molar-refractivity contribution is -0.139. The molecule has 0 radical (unpaired) electrons. The van der Waals surface area contributed by atoms with E-state index in [1.165, 1.54) is 23.1 Å². The van der Waals surface area contributed by atoms with Crippen LogP contribution in [0.2, 0.25) is 10.0 Å². The molecule has 41 heavy (non-hydrogen) atoms. The number of nitrogens with one attached hydrogen (secondary N) is 1. The maximum atomic E-state index is 14.1. The van der Waals surface area contributed by atoms with Crippen molar-refractivity contribution in [2.45, 2.75) is 70.0 Å². The van der Waals surface area contributed by atoms with E-state index >= 15 is 0 Å². The second kappa shape index (κ2) is 13.3. The van der Waals surface area contributed by atoms with Crippen molar-refractivity contribution in [2.75, 3.05) is 10.8 Å². The van der Waals surface area contributed by atoms with Gasteiger partial charge in [-0.2, -0.15) is 0 Å². The Kier molecular flexibility index (Phi) is 10.00. The van der Waals surface area contributed by atoms with Crippen molar-refractivity contribution in [1.29, 1.82) is 0 Å². The first-order valence-electron chi connectivity index (χ1n) is 13.7. The number of carbonyl (C=O) groups excluding carboxylic acids is 2. The predicted octanol–water partition coefficient (Wildman–Crippen LogP) is 6.28. The fourth-order valence-electron chi connectivity index (χ4n) is 4.99. The average molecular weight is 617 g/mol. The van der Waals surface area contributed by atoms with E-state index in [4.69, 9.17) is 23.2 Å². The van der Waals surface area contributed by atoms with Crippen molar-refractivity contribution < 1.29 is 18.0 Å². The van der Waals surface area contributed by atoms with Gasteiger partial charge in [-0.25, -0.2) is 8.42 Å². The Balaban J connectivity index is 1.73.